The second kappa shape index (κ2) is 6.81. The molecule has 0 bridgehead atoms. The van der Waals surface area contributed by atoms with E-state index in [1.165, 1.54) is 0 Å². The second-order valence-corrected chi connectivity index (χ2v) is 8.10. The molecule has 3 nitrogen and oxygen atoms in total. The van der Waals surface area contributed by atoms with E-state index in [0.29, 0.717) is 17.4 Å². The van der Waals surface area contributed by atoms with Gasteiger partial charge in [0.2, 0.25) is 0 Å². The third kappa shape index (κ3) is 3.89. The zero-order valence-electron chi connectivity index (χ0n) is 11.8. The van der Waals surface area contributed by atoms with Crippen LogP contribution in [-0.2, 0) is 9.84 Å². The standard InChI is InChI=1S/C15H22ClNO2S/c1-2-11-20(18,19)15-6-4-3-5-14(15)17-13-9-7-12(16)8-10-13/h3-6,12-13,17H,2,7-11H2,1H3. The quantitative estimate of drug-likeness (QED) is 0.840. The summed E-state index contributed by atoms with van der Waals surface area (Å²) in [6.07, 6.45) is 4.60. The lowest BCUT2D eigenvalue weighted by Gasteiger charge is -2.27. The van der Waals surface area contributed by atoms with Gasteiger partial charge in [-0.1, -0.05) is 19.1 Å². The molecule has 0 spiro atoms. The molecule has 0 amide bonds. The topological polar surface area (TPSA) is 46.2 Å². The maximum Gasteiger partial charge on any atom is 0.180 e. The van der Waals surface area contributed by atoms with Gasteiger partial charge in [0.25, 0.3) is 0 Å². The van der Waals surface area contributed by atoms with Crippen LogP contribution in [0.3, 0.4) is 0 Å². The van der Waals surface area contributed by atoms with Gasteiger partial charge in [-0.3, -0.25) is 0 Å². The summed E-state index contributed by atoms with van der Waals surface area (Å²) < 4.78 is 24.6. The molecule has 1 aromatic carbocycles. The largest absolute Gasteiger partial charge is 0.381 e. The number of nitrogens with one attached hydrogen (secondary N) is 1. The molecule has 0 atom stereocenters. The van der Waals surface area contributed by atoms with E-state index in [0.717, 1.165) is 31.4 Å². The first kappa shape index (κ1) is 15.6. The molecular weight excluding hydrogens is 294 g/mol. The Kier molecular flexibility index (Phi) is 5.33. The summed E-state index contributed by atoms with van der Waals surface area (Å²) in [5.41, 5.74) is 0.735. The Morgan fingerprint density at radius 1 is 1.20 bits per heavy atom. The van der Waals surface area contributed by atoms with Crippen LogP contribution in [-0.4, -0.2) is 25.6 Å². The summed E-state index contributed by atoms with van der Waals surface area (Å²) in [4.78, 5) is 0.426. The third-order valence-corrected chi connectivity index (χ3v) is 6.12. The number of hydrogen-bond acceptors (Lipinski definition) is 3. The van der Waals surface area contributed by atoms with Crippen LogP contribution in [0.5, 0.6) is 0 Å². The summed E-state index contributed by atoms with van der Waals surface area (Å²) in [5.74, 6) is 0.195. The summed E-state index contributed by atoms with van der Waals surface area (Å²) in [5, 5.41) is 3.67. The van der Waals surface area contributed by atoms with Gasteiger partial charge in [-0.2, -0.15) is 0 Å². The lowest BCUT2D eigenvalue weighted by atomic mass is 9.95. The first-order valence-electron chi connectivity index (χ1n) is 7.25. The van der Waals surface area contributed by atoms with Crippen LogP contribution in [0.4, 0.5) is 5.69 Å². The van der Waals surface area contributed by atoms with Crippen LogP contribution in [0.2, 0.25) is 0 Å². The van der Waals surface area contributed by atoms with Crippen LogP contribution < -0.4 is 5.32 Å². The molecule has 1 aromatic rings. The lowest BCUT2D eigenvalue weighted by molar-refractivity contribution is 0.468. The van der Waals surface area contributed by atoms with E-state index in [1.54, 1.807) is 12.1 Å². The van der Waals surface area contributed by atoms with Gasteiger partial charge in [0, 0.05) is 11.4 Å². The Morgan fingerprint density at radius 3 is 2.50 bits per heavy atom. The van der Waals surface area contributed by atoms with Crippen molar-refractivity contribution in [3.63, 3.8) is 0 Å². The van der Waals surface area contributed by atoms with Gasteiger partial charge in [-0.05, 0) is 44.2 Å². The Hall–Kier alpha value is -0.740. The van der Waals surface area contributed by atoms with Crippen LogP contribution in [0.15, 0.2) is 29.2 Å². The van der Waals surface area contributed by atoms with Gasteiger partial charge in [0.1, 0.15) is 0 Å². The van der Waals surface area contributed by atoms with Crippen molar-refractivity contribution in [2.45, 2.75) is 55.3 Å². The zero-order valence-corrected chi connectivity index (χ0v) is 13.4. The minimum absolute atomic E-state index is 0.195. The Balaban J connectivity index is 2.16. The number of halogens is 1. The van der Waals surface area contributed by atoms with Crippen molar-refractivity contribution in [3.05, 3.63) is 24.3 Å². The molecule has 1 N–H and O–H groups in total. The first-order valence-corrected chi connectivity index (χ1v) is 9.34. The van der Waals surface area contributed by atoms with Crippen molar-refractivity contribution in [3.8, 4) is 0 Å². The molecule has 0 saturated heterocycles. The molecule has 0 radical (unpaired) electrons. The van der Waals surface area contributed by atoms with Crippen LogP contribution in [0, 0.1) is 0 Å². The van der Waals surface area contributed by atoms with Crippen molar-refractivity contribution >= 4 is 27.1 Å². The molecule has 0 aromatic heterocycles. The minimum atomic E-state index is -3.19. The smallest absolute Gasteiger partial charge is 0.180 e. The molecule has 1 aliphatic rings. The van der Waals surface area contributed by atoms with Gasteiger partial charge < -0.3 is 5.32 Å². The van der Waals surface area contributed by atoms with E-state index in [1.807, 2.05) is 19.1 Å². The van der Waals surface area contributed by atoms with Gasteiger partial charge >= 0.3 is 0 Å². The summed E-state index contributed by atoms with van der Waals surface area (Å²) in [6, 6.07) is 7.53. The molecule has 1 fully saturated rings. The monoisotopic (exact) mass is 315 g/mol. The molecule has 1 aliphatic carbocycles. The molecule has 5 heteroatoms. The summed E-state index contributed by atoms with van der Waals surface area (Å²) >= 11 is 6.11. The van der Waals surface area contributed by atoms with E-state index in [4.69, 9.17) is 11.6 Å². The Bertz CT molecular complexity index is 537. The highest BCUT2D eigenvalue weighted by molar-refractivity contribution is 7.91. The molecule has 1 saturated carbocycles. The van der Waals surface area contributed by atoms with E-state index >= 15 is 0 Å². The van der Waals surface area contributed by atoms with Gasteiger partial charge in [-0.15, -0.1) is 11.6 Å². The molecule has 0 heterocycles. The maximum absolute atomic E-state index is 12.3. The fourth-order valence-corrected chi connectivity index (χ4v) is 4.41. The highest BCUT2D eigenvalue weighted by atomic mass is 35.5. The normalized spacial score (nSPS) is 23.5. The number of alkyl halides is 1. The predicted octanol–water partition coefficient (Wildman–Crippen LogP) is 3.83. The zero-order chi connectivity index (χ0) is 14.6. The maximum atomic E-state index is 12.3. The predicted molar refractivity (Wildman–Crippen MR) is 84.3 cm³/mol. The molecular formula is C15H22ClNO2S. The van der Waals surface area contributed by atoms with Crippen molar-refractivity contribution < 1.29 is 8.42 Å². The van der Waals surface area contributed by atoms with Gasteiger partial charge in [0.15, 0.2) is 9.84 Å². The number of hydrogen-bond donors (Lipinski definition) is 1. The van der Waals surface area contributed by atoms with Crippen molar-refractivity contribution in [1.29, 1.82) is 0 Å². The molecule has 20 heavy (non-hydrogen) atoms. The average Bonchev–Trinajstić information content (AvgIpc) is 2.42. The Morgan fingerprint density at radius 2 is 1.85 bits per heavy atom. The molecule has 0 aliphatic heterocycles. The van der Waals surface area contributed by atoms with Gasteiger partial charge in [0.05, 0.1) is 16.3 Å². The highest BCUT2D eigenvalue weighted by Crippen LogP contribution is 2.28. The highest BCUT2D eigenvalue weighted by Gasteiger charge is 2.22. The van der Waals surface area contributed by atoms with Crippen LogP contribution >= 0.6 is 11.6 Å². The second-order valence-electron chi connectivity index (χ2n) is 5.41. The SMILES string of the molecule is CCCS(=O)(=O)c1ccccc1NC1CCC(Cl)CC1. The van der Waals surface area contributed by atoms with E-state index < -0.39 is 9.84 Å². The summed E-state index contributed by atoms with van der Waals surface area (Å²) in [7, 11) is -3.19. The number of para-hydroxylation sites is 1. The first-order chi connectivity index (χ1) is 9.53. The fraction of sp³-hybridized carbons (Fsp3) is 0.600. The Labute approximate surface area is 126 Å². The molecule has 0 unspecified atom stereocenters. The lowest BCUT2D eigenvalue weighted by Crippen LogP contribution is -2.27. The van der Waals surface area contributed by atoms with Crippen molar-refractivity contribution in [2.75, 3.05) is 11.1 Å². The minimum Gasteiger partial charge on any atom is -0.381 e. The van der Waals surface area contributed by atoms with E-state index in [2.05, 4.69) is 5.32 Å². The molecule has 2 rings (SSSR count). The van der Waals surface area contributed by atoms with Gasteiger partial charge in [-0.25, -0.2) is 8.42 Å². The number of rotatable bonds is 5. The van der Waals surface area contributed by atoms with Crippen LogP contribution in [0.1, 0.15) is 39.0 Å². The third-order valence-electron chi connectivity index (χ3n) is 3.71. The molecule has 112 valence electrons. The number of sulfone groups is 1. The van der Waals surface area contributed by atoms with E-state index in [9.17, 15) is 8.42 Å². The van der Waals surface area contributed by atoms with Crippen molar-refractivity contribution in [1.82, 2.24) is 0 Å². The summed E-state index contributed by atoms with van der Waals surface area (Å²) in [6.45, 7) is 1.88. The number of anilines is 1. The fourth-order valence-electron chi connectivity index (χ4n) is 2.65. The van der Waals surface area contributed by atoms with Crippen LogP contribution in [0.25, 0.3) is 0 Å². The van der Waals surface area contributed by atoms with Crippen molar-refractivity contribution in [2.24, 2.45) is 0 Å². The van der Waals surface area contributed by atoms with E-state index in [-0.39, 0.29) is 11.1 Å². The average molecular weight is 316 g/mol. The number of benzene rings is 1.